The minimum Gasteiger partial charge on any atom is -0.442 e. The van der Waals surface area contributed by atoms with Crippen LogP contribution in [-0.2, 0) is 4.74 Å². The fraction of sp³-hybridized carbons (Fsp3) is 0.455. The Labute approximate surface area is 100 Å². The molecule has 0 aromatic carbocycles. The molecule has 0 aliphatic rings. The molecule has 1 heterocycles. The van der Waals surface area contributed by atoms with Crippen LogP contribution in [0, 0.1) is 4.51 Å². The minimum absolute atomic E-state index is 0.408. The van der Waals surface area contributed by atoms with E-state index in [1.54, 1.807) is 36.3 Å². The molecule has 4 nitrogen and oxygen atoms in total. The SMILES string of the molecule is CN(C(=O)OC(C)(C)C)n1ccc(=S)cc1. The summed E-state index contributed by atoms with van der Waals surface area (Å²) in [6, 6.07) is 3.49. The van der Waals surface area contributed by atoms with Crippen LogP contribution in [0.4, 0.5) is 4.79 Å². The summed E-state index contributed by atoms with van der Waals surface area (Å²) in [5, 5.41) is 1.38. The summed E-state index contributed by atoms with van der Waals surface area (Å²) in [6.07, 6.45) is 3.02. The lowest BCUT2D eigenvalue weighted by molar-refractivity contribution is 0.0550. The second-order valence-electron chi connectivity index (χ2n) is 4.42. The van der Waals surface area contributed by atoms with Gasteiger partial charge in [0.25, 0.3) is 0 Å². The van der Waals surface area contributed by atoms with Gasteiger partial charge in [0, 0.05) is 24.0 Å². The maximum absolute atomic E-state index is 11.7. The number of hydrogen-bond donors (Lipinski definition) is 0. The van der Waals surface area contributed by atoms with Gasteiger partial charge in [0.1, 0.15) is 5.60 Å². The first-order chi connectivity index (χ1) is 7.29. The van der Waals surface area contributed by atoms with Crippen molar-refractivity contribution in [3.63, 3.8) is 0 Å². The Kier molecular flexibility index (Phi) is 3.70. The molecular formula is C11H16N2O2S. The number of amides is 1. The van der Waals surface area contributed by atoms with Gasteiger partial charge in [-0.2, -0.15) is 0 Å². The Hall–Kier alpha value is -1.36. The van der Waals surface area contributed by atoms with E-state index in [9.17, 15) is 4.79 Å². The normalized spacial score (nSPS) is 11.0. The van der Waals surface area contributed by atoms with Crippen molar-refractivity contribution in [2.24, 2.45) is 0 Å². The molecule has 1 rings (SSSR count). The first-order valence-electron chi connectivity index (χ1n) is 4.95. The highest BCUT2D eigenvalue weighted by molar-refractivity contribution is 7.71. The number of pyridine rings is 1. The number of aromatic nitrogens is 1. The molecule has 1 aromatic heterocycles. The summed E-state index contributed by atoms with van der Waals surface area (Å²) in [5.41, 5.74) is -0.496. The molecule has 0 saturated carbocycles. The Morgan fingerprint density at radius 1 is 1.38 bits per heavy atom. The maximum atomic E-state index is 11.7. The fourth-order valence-corrected chi connectivity index (χ4v) is 1.15. The molecule has 5 heteroatoms. The average Bonchev–Trinajstić information content (AvgIpc) is 2.15. The van der Waals surface area contributed by atoms with Crippen LogP contribution in [0.5, 0.6) is 0 Å². The summed E-state index contributed by atoms with van der Waals surface area (Å²) in [5.74, 6) is 0. The van der Waals surface area contributed by atoms with E-state index in [0.29, 0.717) is 0 Å². The number of carbonyl (C=O) groups excluding carboxylic acids is 1. The monoisotopic (exact) mass is 240 g/mol. The zero-order valence-corrected chi connectivity index (χ0v) is 10.7. The van der Waals surface area contributed by atoms with Gasteiger partial charge in [0.15, 0.2) is 0 Å². The molecular weight excluding hydrogens is 224 g/mol. The van der Waals surface area contributed by atoms with Crippen molar-refractivity contribution in [3.05, 3.63) is 29.0 Å². The predicted molar refractivity (Wildman–Crippen MR) is 65.6 cm³/mol. The predicted octanol–water partition coefficient (Wildman–Crippen LogP) is 2.72. The van der Waals surface area contributed by atoms with Crippen molar-refractivity contribution < 1.29 is 9.53 Å². The minimum atomic E-state index is -0.496. The smallest absolute Gasteiger partial charge is 0.429 e. The molecule has 16 heavy (non-hydrogen) atoms. The van der Waals surface area contributed by atoms with Gasteiger partial charge in [0.2, 0.25) is 0 Å². The van der Waals surface area contributed by atoms with Crippen molar-refractivity contribution in [2.45, 2.75) is 26.4 Å². The van der Waals surface area contributed by atoms with Gasteiger partial charge >= 0.3 is 6.09 Å². The van der Waals surface area contributed by atoms with E-state index in [1.165, 1.54) is 5.01 Å². The summed E-state index contributed by atoms with van der Waals surface area (Å²) in [4.78, 5) is 11.7. The molecule has 0 spiro atoms. The second-order valence-corrected chi connectivity index (χ2v) is 4.89. The van der Waals surface area contributed by atoms with Gasteiger partial charge in [-0.1, -0.05) is 12.2 Å². The lowest BCUT2D eigenvalue weighted by atomic mass is 10.2. The average molecular weight is 240 g/mol. The van der Waals surface area contributed by atoms with Crippen LogP contribution in [0.1, 0.15) is 20.8 Å². The first kappa shape index (κ1) is 12.7. The standard InChI is InChI=1S/C11H16N2O2S/c1-11(2,3)15-10(14)12(4)13-7-5-9(16)6-8-13/h5-8H,1-4H3. The van der Waals surface area contributed by atoms with E-state index in [4.69, 9.17) is 17.0 Å². The van der Waals surface area contributed by atoms with Gasteiger partial charge in [-0.25, -0.2) is 9.80 Å². The lowest BCUT2D eigenvalue weighted by Gasteiger charge is -2.25. The number of ether oxygens (including phenoxy) is 1. The Bertz CT molecular complexity index is 414. The molecule has 0 aliphatic carbocycles. The van der Waals surface area contributed by atoms with Gasteiger partial charge in [-0.15, -0.1) is 0 Å². The van der Waals surface area contributed by atoms with Crippen molar-refractivity contribution in [1.29, 1.82) is 0 Å². The van der Waals surface area contributed by atoms with E-state index in [2.05, 4.69) is 0 Å². The summed E-state index contributed by atoms with van der Waals surface area (Å²) >= 11 is 4.96. The molecule has 0 unspecified atom stereocenters. The number of rotatable bonds is 1. The number of hydrogen-bond acceptors (Lipinski definition) is 3. The van der Waals surface area contributed by atoms with E-state index in [1.807, 2.05) is 20.8 Å². The first-order valence-corrected chi connectivity index (χ1v) is 5.36. The van der Waals surface area contributed by atoms with Gasteiger partial charge in [-0.3, -0.25) is 4.68 Å². The fourth-order valence-electron chi connectivity index (χ4n) is 1.03. The van der Waals surface area contributed by atoms with Crippen LogP contribution in [-0.4, -0.2) is 23.4 Å². The molecule has 0 N–H and O–H groups in total. The maximum Gasteiger partial charge on any atom is 0.429 e. The van der Waals surface area contributed by atoms with Crippen molar-refractivity contribution >= 4 is 18.3 Å². The lowest BCUT2D eigenvalue weighted by Crippen LogP contribution is -2.40. The highest BCUT2D eigenvalue weighted by atomic mass is 32.1. The van der Waals surface area contributed by atoms with Gasteiger partial charge in [0.05, 0.1) is 0 Å². The van der Waals surface area contributed by atoms with Crippen molar-refractivity contribution in [1.82, 2.24) is 4.68 Å². The second kappa shape index (κ2) is 4.65. The zero-order valence-electron chi connectivity index (χ0n) is 9.93. The summed E-state index contributed by atoms with van der Waals surface area (Å²) in [6.45, 7) is 5.49. The summed E-state index contributed by atoms with van der Waals surface area (Å²) < 4.78 is 7.57. The molecule has 0 fully saturated rings. The van der Waals surface area contributed by atoms with Gasteiger partial charge in [-0.05, 0) is 32.9 Å². The van der Waals surface area contributed by atoms with E-state index in [0.717, 1.165) is 4.51 Å². The highest BCUT2D eigenvalue weighted by Crippen LogP contribution is 2.08. The highest BCUT2D eigenvalue weighted by Gasteiger charge is 2.19. The topological polar surface area (TPSA) is 34.5 Å². The molecule has 0 atom stereocenters. The van der Waals surface area contributed by atoms with E-state index >= 15 is 0 Å². The number of nitrogens with zero attached hydrogens (tertiary/aromatic N) is 2. The van der Waals surface area contributed by atoms with E-state index < -0.39 is 11.7 Å². The Balaban J connectivity index is 2.78. The third kappa shape index (κ3) is 3.66. The van der Waals surface area contributed by atoms with Crippen LogP contribution in [0.25, 0.3) is 0 Å². The third-order valence-corrected chi connectivity index (χ3v) is 2.06. The molecule has 0 aliphatic heterocycles. The Morgan fingerprint density at radius 3 is 2.31 bits per heavy atom. The third-order valence-electron chi connectivity index (χ3n) is 1.79. The summed E-state index contributed by atoms with van der Waals surface area (Å²) in [7, 11) is 1.64. The van der Waals surface area contributed by atoms with Crippen molar-refractivity contribution in [3.8, 4) is 0 Å². The van der Waals surface area contributed by atoms with E-state index in [-0.39, 0.29) is 0 Å². The van der Waals surface area contributed by atoms with Crippen LogP contribution in [0.15, 0.2) is 24.5 Å². The zero-order chi connectivity index (χ0) is 12.3. The molecule has 1 aromatic rings. The molecule has 0 radical (unpaired) electrons. The van der Waals surface area contributed by atoms with Crippen molar-refractivity contribution in [2.75, 3.05) is 12.1 Å². The van der Waals surface area contributed by atoms with Crippen LogP contribution in [0.3, 0.4) is 0 Å². The number of carbonyl (C=O) groups is 1. The largest absolute Gasteiger partial charge is 0.442 e. The Morgan fingerprint density at radius 2 is 1.88 bits per heavy atom. The van der Waals surface area contributed by atoms with Crippen LogP contribution >= 0.6 is 12.2 Å². The molecule has 1 amide bonds. The van der Waals surface area contributed by atoms with Gasteiger partial charge < -0.3 is 4.74 Å². The quantitative estimate of drug-likeness (QED) is 0.708. The molecule has 0 saturated heterocycles. The van der Waals surface area contributed by atoms with Crippen LogP contribution in [0.2, 0.25) is 0 Å². The molecule has 88 valence electrons. The van der Waals surface area contributed by atoms with Crippen LogP contribution < -0.4 is 5.01 Å². The molecule has 0 bridgehead atoms.